The number of piperidine rings is 1. The molecule has 0 bridgehead atoms. The monoisotopic (exact) mass is 436 g/mol. The van der Waals surface area contributed by atoms with Crippen LogP contribution in [-0.2, 0) is 22.6 Å². The Labute approximate surface area is 189 Å². The van der Waals surface area contributed by atoms with Gasteiger partial charge < -0.3 is 9.64 Å². The number of aryl methyl sites for hydroxylation is 1. The Balaban J connectivity index is 1.66. The number of rotatable bonds is 6. The number of likely N-dealkylation sites (tertiary alicyclic amines) is 1. The van der Waals surface area contributed by atoms with Crippen molar-refractivity contribution in [2.75, 3.05) is 18.6 Å². The Morgan fingerprint density at radius 1 is 1.25 bits per heavy atom. The van der Waals surface area contributed by atoms with Crippen LogP contribution in [0.15, 0.2) is 24.3 Å². The van der Waals surface area contributed by atoms with Crippen LogP contribution in [0.25, 0.3) is 0 Å². The Bertz CT molecular complexity index is 1020. The molecule has 2 aliphatic rings. The molecule has 2 aromatic rings. The van der Waals surface area contributed by atoms with Gasteiger partial charge >= 0.3 is 0 Å². The number of carbonyl (C=O) groups is 2. The molecular weight excluding hydrogens is 404 g/mol. The van der Waals surface area contributed by atoms with Gasteiger partial charge in [0.05, 0.1) is 26.1 Å². The Morgan fingerprint density at radius 3 is 2.81 bits per heavy atom. The van der Waals surface area contributed by atoms with Crippen LogP contribution in [0.4, 0.5) is 5.82 Å². The van der Waals surface area contributed by atoms with Crippen molar-refractivity contribution in [3.8, 4) is 5.75 Å². The van der Waals surface area contributed by atoms with E-state index < -0.39 is 0 Å². The summed E-state index contributed by atoms with van der Waals surface area (Å²) in [5.74, 6) is 2.59. The van der Waals surface area contributed by atoms with Gasteiger partial charge in [-0.1, -0.05) is 26.0 Å². The predicted molar refractivity (Wildman–Crippen MR) is 122 cm³/mol. The average Bonchev–Trinajstić information content (AvgIpc) is 3.09. The predicted octanol–water partition coefficient (Wildman–Crippen LogP) is 3.98. The van der Waals surface area contributed by atoms with Gasteiger partial charge in [0.1, 0.15) is 11.6 Å². The van der Waals surface area contributed by atoms with E-state index in [1.54, 1.807) is 12.0 Å². The first-order valence-electron chi connectivity index (χ1n) is 11.5. The summed E-state index contributed by atoms with van der Waals surface area (Å²) in [5, 5.41) is 0. The van der Waals surface area contributed by atoms with Gasteiger partial charge in [-0.3, -0.25) is 14.5 Å². The summed E-state index contributed by atoms with van der Waals surface area (Å²) in [6.45, 7) is 7.24. The van der Waals surface area contributed by atoms with Crippen molar-refractivity contribution in [1.29, 1.82) is 0 Å². The fourth-order valence-electron chi connectivity index (χ4n) is 4.63. The summed E-state index contributed by atoms with van der Waals surface area (Å²) in [7, 11) is 1.63. The third-order valence-corrected chi connectivity index (χ3v) is 6.27. The molecule has 0 spiro atoms. The zero-order chi connectivity index (χ0) is 22.8. The van der Waals surface area contributed by atoms with Crippen LogP contribution in [0.5, 0.6) is 5.75 Å². The number of methoxy groups -OCH3 is 1. The lowest BCUT2D eigenvalue weighted by molar-refractivity contribution is -0.136. The topological polar surface area (TPSA) is 75.6 Å². The first-order chi connectivity index (χ1) is 15.4. The highest BCUT2D eigenvalue weighted by atomic mass is 16.5. The van der Waals surface area contributed by atoms with Crippen molar-refractivity contribution in [3.63, 3.8) is 0 Å². The summed E-state index contributed by atoms with van der Waals surface area (Å²) >= 11 is 0. The minimum atomic E-state index is -0.131. The second-order valence-corrected chi connectivity index (χ2v) is 9.17. The lowest BCUT2D eigenvalue weighted by Crippen LogP contribution is -2.40. The molecule has 0 aliphatic carbocycles. The molecule has 1 atom stereocenters. The molecule has 7 nitrogen and oxygen atoms in total. The number of anilines is 1. The number of carbonyl (C=O) groups excluding carboxylic acids is 2. The normalized spacial score (nSPS) is 18.3. The Morgan fingerprint density at radius 2 is 2.06 bits per heavy atom. The number of amides is 2. The third-order valence-electron chi connectivity index (χ3n) is 6.27. The summed E-state index contributed by atoms with van der Waals surface area (Å²) in [4.78, 5) is 39.2. The van der Waals surface area contributed by atoms with Gasteiger partial charge in [0.25, 0.3) is 0 Å². The zero-order valence-electron chi connectivity index (χ0n) is 19.4. The van der Waals surface area contributed by atoms with E-state index in [2.05, 4.69) is 13.8 Å². The number of fused-ring (bicyclic) bond motifs is 1. The first-order valence-corrected chi connectivity index (χ1v) is 11.5. The lowest BCUT2D eigenvalue weighted by Gasteiger charge is -2.35. The Kier molecular flexibility index (Phi) is 6.44. The van der Waals surface area contributed by atoms with Crippen LogP contribution in [0.1, 0.15) is 68.2 Å². The molecule has 1 aromatic carbocycles. The molecule has 7 heteroatoms. The molecule has 3 heterocycles. The minimum Gasteiger partial charge on any atom is -0.497 e. The van der Waals surface area contributed by atoms with Crippen LogP contribution >= 0.6 is 0 Å². The maximum Gasteiger partial charge on any atom is 0.233 e. The highest BCUT2D eigenvalue weighted by molar-refractivity contribution is 6.00. The first kappa shape index (κ1) is 22.2. The van der Waals surface area contributed by atoms with E-state index in [-0.39, 0.29) is 17.9 Å². The fourth-order valence-corrected chi connectivity index (χ4v) is 4.63. The van der Waals surface area contributed by atoms with Gasteiger partial charge in [-0.25, -0.2) is 9.97 Å². The van der Waals surface area contributed by atoms with Crippen molar-refractivity contribution in [3.05, 3.63) is 46.9 Å². The van der Waals surface area contributed by atoms with E-state index in [9.17, 15) is 9.59 Å². The van der Waals surface area contributed by atoms with Crippen molar-refractivity contribution in [2.24, 2.45) is 5.92 Å². The van der Waals surface area contributed by atoms with Crippen molar-refractivity contribution >= 4 is 17.6 Å². The summed E-state index contributed by atoms with van der Waals surface area (Å²) in [6, 6.07) is 7.60. The van der Waals surface area contributed by atoms with E-state index in [1.807, 2.05) is 36.1 Å². The van der Waals surface area contributed by atoms with Crippen LogP contribution in [0, 0.1) is 12.8 Å². The molecule has 4 rings (SSSR count). The number of benzene rings is 1. The number of nitrogens with zero attached hydrogens (tertiary/aromatic N) is 4. The fraction of sp³-hybridized carbons (Fsp3) is 0.520. The van der Waals surface area contributed by atoms with Crippen LogP contribution in [0.3, 0.4) is 0 Å². The molecule has 2 amide bonds. The molecule has 170 valence electrons. The second-order valence-electron chi connectivity index (χ2n) is 9.17. The average molecular weight is 437 g/mol. The molecule has 1 unspecified atom stereocenters. The lowest BCUT2D eigenvalue weighted by atomic mass is 9.99. The quantitative estimate of drug-likeness (QED) is 0.685. The molecule has 0 N–H and O–H groups in total. The number of ether oxygens (including phenoxy) is 1. The maximum atomic E-state index is 12.9. The Hall–Kier alpha value is -2.96. The van der Waals surface area contributed by atoms with Gasteiger partial charge in [0.15, 0.2) is 5.82 Å². The van der Waals surface area contributed by atoms with Gasteiger partial charge in [0.2, 0.25) is 11.8 Å². The minimum absolute atomic E-state index is 0.0220. The smallest absolute Gasteiger partial charge is 0.233 e. The zero-order valence-corrected chi connectivity index (χ0v) is 19.4. The molecular formula is C25H32N4O3. The molecule has 1 saturated heterocycles. The van der Waals surface area contributed by atoms with E-state index in [4.69, 9.17) is 14.7 Å². The van der Waals surface area contributed by atoms with Gasteiger partial charge in [-0.2, -0.15) is 0 Å². The van der Waals surface area contributed by atoms with Crippen LogP contribution in [-0.4, -0.2) is 40.3 Å². The standard InChI is InChI=1S/C25H32N4O3/c1-16(2)12-22(30)28-11-6-5-10-21(28)24-26-17(3)20-14-23(31)29(25(20)27-24)15-18-8-7-9-19(13-18)32-4/h7-9,13,16,21H,5-6,10-12,14-15H2,1-4H3. The third kappa shape index (κ3) is 4.47. The molecule has 0 saturated carbocycles. The highest BCUT2D eigenvalue weighted by Gasteiger charge is 2.35. The largest absolute Gasteiger partial charge is 0.497 e. The van der Waals surface area contributed by atoms with E-state index in [0.717, 1.165) is 48.4 Å². The van der Waals surface area contributed by atoms with Crippen molar-refractivity contribution in [2.45, 2.75) is 65.5 Å². The van der Waals surface area contributed by atoms with E-state index >= 15 is 0 Å². The SMILES string of the molecule is COc1cccc(CN2C(=O)Cc3c(C)nc(C4CCCCN4C(=O)CC(C)C)nc32)c1. The maximum absolute atomic E-state index is 12.9. The number of aromatic nitrogens is 2. The summed E-state index contributed by atoms with van der Waals surface area (Å²) in [5.41, 5.74) is 2.70. The van der Waals surface area contributed by atoms with Crippen molar-refractivity contribution in [1.82, 2.24) is 14.9 Å². The van der Waals surface area contributed by atoms with Gasteiger partial charge in [-0.15, -0.1) is 0 Å². The molecule has 1 fully saturated rings. The van der Waals surface area contributed by atoms with Crippen molar-refractivity contribution < 1.29 is 14.3 Å². The summed E-state index contributed by atoms with van der Waals surface area (Å²) < 4.78 is 5.33. The van der Waals surface area contributed by atoms with Gasteiger partial charge in [0, 0.05) is 24.2 Å². The van der Waals surface area contributed by atoms with Crippen LogP contribution in [0.2, 0.25) is 0 Å². The molecule has 2 aliphatic heterocycles. The molecule has 0 radical (unpaired) electrons. The van der Waals surface area contributed by atoms with Gasteiger partial charge in [-0.05, 0) is 49.8 Å². The highest BCUT2D eigenvalue weighted by Crippen LogP contribution is 2.35. The van der Waals surface area contributed by atoms with Crippen LogP contribution < -0.4 is 9.64 Å². The van der Waals surface area contributed by atoms with E-state index in [0.29, 0.717) is 36.9 Å². The molecule has 32 heavy (non-hydrogen) atoms. The second kappa shape index (κ2) is 9.27. The number of hydrogen-bond acceptors (Lipinski definition) is 5. The summed E-state index contributed by atoms with van der Waals surface area (Å²) in [6.07, 6.45) is 3.74. The molecule has 1 aromatic heterocycles. The number of hydrogen-bond donors (Lipinski definition) is 0. The van der Waals surface area contributed by atoms with E-state index in [1.165, 1.54) is 0 Å².